The van der Waals surface area contributed by atoms with E-state index in [0.717, 1.165) is 10.2 Å². The molecule has 0 spiro atoms. The number of pyridine rings is 1. The van der Waals surface area contributed by atoms with Gasteiger partial charge in [-0.25, -0.2) is 9.97 Å². The maximum Gasteiger partial charge on any atom is 0.252 e. The lowest BCUT2D eigenvalue weighted by atomic mass is 9.75. The first kappa shape index (κ1) is 15.9. The molecule has 0 aliphatic heterocycles. The summed E-state index contributed by atoms with van der Waals surface area (Å²) >= 11 is 1.57. The van der Waals surface area contributed by atoms with E-state index in [1.807, 2.05) is 11.4 Å². The summed E-state index contributed by atoms with van der Waals surface area (Å²) in [6.07, 6.45) is 5.98. The zero-order valence-electron chi connectivity index (χ0n) is 13.3. The zero-order chi connectivity index (χ0) is 17.3. The second-order valence-electron chi connectivity index (χ2n) is 6.27. The Morgan fingerprint density at radius 3 is 3.04 bits per heavy atom. The summed E-state index contributed by atoms with van der Waals surface area (Å²) in [6.45, 7) is 0.212. The van der Waals surface area contributed by atoms with E-state index in [0.29, 0.717) is 24.4 Å². The van der Waals surface area contributed by atoms with Crippen molar-refractivity contribution in [1.82, 2.24) is 20.3 Å². The molecule has 0 unspecified atom stereocenters. The number of carbonyl (C=O) groups excluding carboxylic acids is 1. The van der Waals surface area contributed by atoms with Gasteiger partial charge in [0.15, 0.2) is 0 Å². The van der Waals surface area contributed by atoms with E-state index in [-0.39, 0.29) is 18.5 Å². The Bertz CT molecular complexity index is 892. The second-order valence-corrected chi connectivity index (χ2v) is 7.17. The van der Waals surface area contributed by atoms with Crippen LogP contribution in [0.5, 0.6) is 0 Å². The van der Waals surface area contributed by atoms with Gasteiger partial charge in [0.25, 0.3) is 5.91 Å². The first-order chi connectivity index (χ1) is 12.1. The van der Waals surface area contributed by atoms with Gasteiger partial charge in [0.1, 0.15) is 4.83 Å². The molecule has 0 aromatic carbocycles. The highest BCUT2D eigenvalue weighted by atomic mass is 32.1. The summed E-state index contributed by atoms with van der Waals surface area (Å²) in [4.78, 5) is 25.6. The lowest BCUT2D eigenvalue weighted by Gasteiger charge is -2.43. The largest absolute Gasteiger partial charge is 0.388 e. The van der Waals surface area contributed by atoms with Crippen LogP contribution in [0.4, 0.5) is 5.95 Å². The van der Waals surface area contributed by atoms with Crippen LogP contribution in [0, 0.1) is 0 Å². The normalized spacial score (nSPS) is 22.4. The van der Waals surface area contributed by atoms with E-state index in [1.54, 1.807) is 35.9 Å². The molecule has 1 amide bonds. The van der Waals surface area contributed by atoms with E-state index in [1.165, 1.54) is 6.20 Å². The molecule has 3 aromatic heterocycles. The number of anilines is 1. The Morgan fingerprint density at radius 1 is 1.36 bits per heavy atom. The van der Waals surface area contributed by atoms with Crippen molar-refractivity contribution in [2.45, 2.75) is 24.5 Å². The summed E-state index contributed by atoms with van der Waals surface area (Å²) < 4.78 is 0. The van der Waals surface area contributed by atoms with Gasteiger partial charge in [-0.05, 0) is 36.4 Å². The molecule has 0 radical (unpaired) electrons. The van der Waals surface area contributed by atoms with Crippen LogP contribution in [0.25, 0.3) is 10.2 Å². The Balaban J connectivity index is 1.29. The lowest BCUT2D eigenvalue weighted by Crippen LogP contribution is -2.56. The first-order valence-corrected chi connectivity index (χ1v) is 8.87. The van der Waals surface area contributed by atoms with Crippen molar-refractivity contribution < 1.29 is 9.90 Å². The van der Waals surface area contributed by atoms with Crippen molar-refractivity contribution in [3.05, 3.63) is 47.7 Å². The number of thiophene rings is 1. The summed E-state index contributed by atoms with van der Waals surface area (Å²) in [5, 5.41) is 19.5. The first-order valence-electron chi connectivity index (χ1n) is 7.99. The number of amides is 1. The summed E-state index contributed by atoms with van der Waals surface area (Å²) in [7, 11) is 0. The van der Waals surface area contributed by atoms with Gasteiger partial charge in [0.05, 0.1) is 11.2 Å². The Morgan fingerprint density at radius 2 is 2.24 bits per heavy atom. The predicted molar refractivity (Wildman–Crippen MR) is 95.6 cm³/mol. The average molecular weight is 355 g/mol. The average Bonchev–Trinajstić information content (AvgIpc) is 3.07. The number of carbonyl (C=O) groups is 1. The van der Waals surface area contributed by atoms with Crippen LogP contribution in [-0.4, -0.2) is 44.2 Å². The third-order valence-corrected chi connectivity index (χ3v) is 5.12. The number of nitrogens with zero attached hydrogens (tertiary/aromatic N) is 3. The molecular weight excluding hydrogens is 338 g/mol. The van der Waals surface area contributed by atoms with Gasteiger partial charge in [-0.2, -0.15) is 0 Å². The predicted octanol–water partition coefficient (Wildman–Crippen LogP) is 1.82. The molecular formula is C17H17N5O2S. The topological polar surface area (TPSA) is 100 Å². The molecule has 25 heavy (non-hydrogen) atoms. The van der Waals surface area contributed by atoms with E-state index >= 15 is 0 Å². The molecule has 128 valence electrons. The Labute approximate surface area is 148 Å². The number of rotatable bonds is 5. The Kier molecular flexibility index (Phi) is 4.06. The molecule has 3 heterocycles. The van der Waals surface area contributed by atoms with Gasteiger partial charge < -0.3 is 15.7 Å². The monoisotopic (exact) mass is 355 g/mol. The van der Waals surface area contributed by atoms with Crippen LogP contribution < -0.4 is 10.6 Å². The van der Waals surface area contributed by atoms with Crippen molar-refractivity contribution in [1.29, 1.82) is 0 Å². The SMILES string of the molecule is O=C(NCC1(O)CC(Nc2ncc3ccsc3n2)C1)c1cccnc1. The number of hydrogen-bond donors (Lipinski definition) is 3. The maximum absolute atomic E-state index is 12.0. The van der Waals surface area contributed by atoms with Crippen molar-refractivity contribution in [2.75, 3.05) is 11.9 Å². The minimum absolute atomic E-state index is 0.0951. The highest BCUT2D eigenvalue weighted by molar-refractivity contribution is 7.16. The van der Waals surface area contributed by atoms with E-state index < -0.39 is 5.60 Å². The summed E-state index contributed by atoms with van der Waals surface area (Å²) in [6, 6.07) is 5.47. The second kappa shape index (κ2) is 6.38. The number of fused-ring (bicyclic) bond motifs is 1. The molecule has 1 fully saturated rings. The molecule has 1 saturated carbocycles. The lowest BCUT2D eigenvalue weighted by molar-refractivity contribution is -0.0382. The van der Waals surface area contributed by atoms with Crippen molar-refractivity contribution in [3.63, 3.8) is 0 Å². The third-order valence-electron chi connectivity index (χ3n) is 4.30. The highest BCUT2D eigenvalue weighted by Crippen LogP contribution is 2.33. The van der Waals surface area contributed by atoms with Crippen molar-refractivity contribution in [3.8, 4) is 0 Å². The van der Waals surface area contributed by atoms with Crippen molar-refractivity contribution >= 4 is 33.4 Å². The molecule has 1 aliphatic carbocycles. The van der Waals surface area contributed by atoms with Crippen LogP contribution in [0.3, 0.4) is 0 Å². The van der Waals surface area contributed by atoms with Gasteiger partial charge in [0.2, 0.25) is 5.95 Å². The number of hydrogen-bond acceptors (Lipinski definition) is 7. The number of aliphatic hydroxyl groups is 1. The van der Waals surface area contributed by atoms with Crippen LogP contribution in [0.15, 0.2) is 42.2 Å². The minimum atomic E-state index is -0.900. The molecule has 0 bridgehead atoms. The molecule has 3 aromatic rings. The highest BCUT2D eigenvalue weighted by Gasteiger charge is 2.43. The Hall–Kier alpha value is -2.58. The molecule has 0 atom stereocenters. The van der Waals surface area contributed by atoms with E-state index in [2.05, 4.69) is 25.6 Å². The molecule has 8 heteroatoms. The van der Waals surface area contributed by atoms with Crippen molar-refractivity contribution in [2.24, 2.45) is 0 Å². The summed E-state index contributed by atoms with van der Waals surface area (Å²) in [5.41, 5.74) is -0.416. The van der Waals surface area contributed by atoms with Gasteiger partial charge >= 0.3 is 0 Å². The molecule has 0 saturated heterocycles. The van der Waals surface area contributed by atoms with Crippen LogP contribution >= 0.6 is 11.3 Å². The van der Waals surface area contributed by atoms with Gasteiger partial charge in [-0.1, -0.05) is 0 Å². The van der Waals surface area contributed by atoms with Crippen LogP contribution in [-0.2, 0) is 0 Å². The summed E-state index contributed by atoms with van der Waals surface area (Å²) in [5.74, 6) is 0.339. The van der Waals surface area contributed by atoms with Crippen LogP contribution in [0.2, 0.25) is 0 Å². The van der Waals surface area contributed by atoms with Gasteiger partial charge in [0, 0.05) is 36.6 Å². The van der Waals surface area contributed by atoms with Crippen LogP contribution in [0.1, 0.15) is 23.2 Å². The fraction of sp³-hybridized carbons (Fsp3) is 0.294. The molecule has 4 rings (SSSR count). The third kappa shape index (κ3) is 3.45. The van der Waals surface area contributed by atoms with Gasteiger partial charge in [-0.15, -0.1) is 11.3 Å². The molecule has 1 aliphatic rings. The van der Waals surface area contributed by atoms with E-state index in [9.17, 15) is 9.90 Å². The standard InChI is InChI=1S/C17H17N5O2S/c23-14(11-2-1-4-18-8-11)20-10-17(24)6-13(7-17)21-16-19-9-12-3-5-25-15(12)22-16/h1-5,8-9,13,24H,6-7,10H2,(H,20,23)(H,19,21,22). The molecule has 3 N–H and O–H groups in total. The maximum atomic E-state index is 12.0. The zero-order valence-corrected chi connectivity index (χ0v) is 14.2. The molecule has 7 nitrogen and oxygen atoms in total. The number of nitrogens with one attached hydrogen (secondary N) is 2. The quantitative estimate of drug-likeness (QED) is 0.646. The van der Waals surface area contributed by atoms with E-state index in [4.69, 9.17) is 0 Å². The minimum Gasteiger partial charge on any atom is -0.388 e. The van der Waals surface area contributed by atoms with Gasteiger partial charge in [-0.3, -0.25) is 9.78 Å². The smallest absolute Gasteiger partial charge is 0.252 e. The fourth-order valence-electron chi connectivity index (χ4n) is 2.96. The fourth-order valence-corrected chi connectivity index (χ4v) is 3.70. The number of aromatic nitrogens is 3.